The number of aldehydes is 1. The highest BCUT2D eigenvalue weighted by Crippen LogP contribution is 2.28. The van der Waals surface area contributed by atoms with Crippen LogP contribution in [0.1, 0.15) is 15.9 Å². The summed E-state index contributed by atoms with van der Waals surface area (Å²) in [6, 6.07) is 8.58. The summed E-state index contributed by atoms with van der Waals surface area (Å²) in [5.74, 6) is -1.13. The lowest BCUT2D eigenvalue weighted by Gasteiger charge is -2.08. The van der Waals surface area contributed by atoms with Crippen molar-refractivity contribution in [2.75, 3.05) is 0 Å². The lowest BCUT2D eigenvalue weighted by atomic mass is 9.98. The second-order valence-electron chi connectivity index (χ2n) is 3.81. The van der Waals surface area contributed by atoms with Gasteiger partial charge < -0.3 is 0 Å². The summed E-state index contributed by atoms with van der Waals surface area (Å²) in [6.45, 7) is 1.74. The van der Waals surface area contributed by atoms with E-state index >= 15 is 0 Å². The van der Waals surface area contributed by atoms with Crippen LogP contribution in [0.2, 0.25) is 0 Å². The van der Waals surface area contributed by atoms with E-state index in [2.05, 4.69) is 0 Å². The Labute approximate surface area is 97.7 Å². The van der Waals surface area contributed by atoms with Crippen molar-refractivity contribution in [3.8, 4) is 11.1 Å². The molecule has 2 aromatic carbocycles. The molecule has 0 saturated heterocycles. The van der Waals surface area contributed by atoms with Gasteiger partial charge in [0.05, 0.1) is 0 Å². The van der Waals surface area contributed by atoms with E-state index in [9.17, 15) is 13.6 Å². The fraction of sp³-hybridized carbons (Fsp3) is 0.0714. The topological polar surface area (TPSA) is 17.1 Å². The molecule has 0 radical (unpaired) electrons. The highest BCUT2D eigenvalue weighted by molar-refractivity contribution is 5.88. The molecule has 0 fully saturated rings. The molecule has 0 bridgehead atoms. The maximum atomic E-state index is 13.7. The molecule has 1 nitrogen and oxygen atoms in total. The van der Waals surface area contributed by atoms with E-state index < -0.39 is 11.6 Å². The van der Waals surface area contributed by atoms with Gasteiger partial charge in [0.2, 0.25) is 0 Å². The molecule has 0 aliphatic rings. The van der Waals surface area contributed by atoms with Crippen LogP contribution in [0.4, 0.5) is 8.78 Å². The van der Waals surface area contributed by atoms with Gasteiger partial charge in [-0.2, -0.15) is 0 Å². The smallest absolute Gasteiger partial charge is 0.150 e. The molecule has 0 amide bonds. The van der Waals surface area contributed by atoms with Gasteiger partial charge in [-0.25, -0.2) is 8.78 Å². The third kappa shape index (κ3) is 2.09. The molecular weight excluding hydrogens is 222 g/mol. The van der Waals surface area contributed by atoms with E-state index in [0.717, 1.165) is 5.56 Å². The first-order valence-corrected chi connectivity index (χ1v) is 5.13. The Bertz CT molecular complexity index is 576. The van der Waals surface area contributed by atoms with Crippen molar-refractivity contribution in [2.24, 2.45) is 0 Å². The van der Waals surface area contributed by atoms with Gasteiger partial charge in [0, 0.05) is 16.7 Å². The van der Waals surface area contributed by atoms with Crippen molar-refractivity contribution < 1.29 is 13.6 Å². The molecule has 3 heteroatoms. The standard InChI is InChI=1S/C14H10F2O/c1-9-5-6-11(13(16)7-9)14-10(8-17)3-2-4-12(14)15/h2-8H,1H3. The fourth-order valence-corrected chi connectivity index (χ4v) is 1.75. The Morgan fingerprint density at radius 1 is 1.06 bits per heavy atom. The maximum absolute atomic E-state index is 13.7. The van der Waals surface area contributed by atoms with E-state index in [1.165, 1.54) is 30.3 Å². The van der Waals surface area contributed by atoms with Crippen molar-refractivity contribution in [3.63, 3.8) is 0 Å². The van der Waals surface area contributed by atoms with E-state index in [4.69, 9.17) is 0 Å². The predicted octanol–water partition coefficient (Wildman–Crippen LogP) is 3.75. The zero-order valence-corrected chi connectivity index (χ0v) is 9.21. The van der Waals surface area contributed by atoms with E-state index in [-0.39, 0.29) is 16.7 Å². The summed E-state index contributed by atoms with van der Waals surface area (Å²) >= 11 is 0. The van der Waals surface area contributed by atoms with Crippen LogP contribution in [0.5, 0.6) is 0 Å². The number of hydrogen-bond acceptors (Lipinski definition) is 1. The molecular formula is C14H10F2O. The second-order valence-corrected chi connectivity index (χ2v) is 3.81. The molecule has 17 heavy (non-hydrogen) atoms. The van der Waals surface area contributed by atoms with Crippen LogP contribution < -0.4 is 0 Å². The van der Waals surface area contributed by atoms with Gasteiger partial charge in [-0.3, -0.25) is 4.79 Å². The fourth-order valence-electron chi connectivity index (χ4n) is 1.75. The van der Waals surface area contributed by atoms with Crippen molar-refractivity contribution in [1.82, 2.24) is 0 Å². The zero-order valence-electron chi connectivity index (χ0n) is 9.21. The minimum Gasteiger partial charge on any atom is -0.298 e. The predicted molar refractivity (Wildman–Crippen MR) is 61.9 cm³/mol. The molecule has 0 heterocycles. The summed E-state index contributed by atoms with van der Waals surface area (Å²) in [5.41, 5.74) is 1.01. The van der Waals surface area contributed by atoms with Crippen LogP contribution in [0, 0.1) is 18.6 Å². The number of carbonyl (C=O) groups is 1. The molecule has 0 aromatic heterocycles. The zero-order chi connectivity index (χ0) is 12.4. The number of carbonyl (C=O) groups excluding carboxylic acids is 1. The monoisotopic (exact) mass is 232 g/mol. The average molecular weight is 232 g/mol. The summed E-state index contributed by atoms with van der Waals surface area (Å²) in [5, 5.41) is 0. The number of halogens is 2. The maximum Gasteiger partial charge on any atom is 0.150 e. The quantitative estimate of drug-likeness (QED) is 0.720. The molecule has 0 unspecified atom stereocenters. The van der Waals surface area contributed by atoms with Gasteiger partial charge >= 0.3 is 0 Å². The molecule has 0 saturated carbocycles. The number of rotatable bonds is 2. The van der Waals surface area contributed by atoms with Crippen LogP contribution >= 0.6 is 0 Å². The van der Waals surface area contributed by atoms with Crippen molar-refractivity contribution in [2.45, 2.75) is 6.92 Å². The Morgan fingerprint density at radius 3 is 2.47 bits per heavy atom. The van der Waals surface area contributed by atoms with E-state index in [1.54, 1.807) is 13.0 Å². The molecule has 0 N–H and O–H groups in total. The van der Waals surface area contributed by atoms with Crippen molar-refractivity contribution in [3.05, 3.63) is 59.2 Å². The minimum atomic E-state index is -0.600. The van der Waals surface area contributed by atoms with E-state index in [0.29, 0.717) is 6.29 Å². The molecule has 0 spiro atoms. The lowest BCUT2D eigenvalue weighted by Crippen LogP contribution is -1.95. The van der Waals surface area contributed by atoms with Crippen molar-refractivity contribution >= 4 is 6.29 Å². The van der Waals surface area contributed by atoms with Gasteiger partial charge in [-0.05, 0) is 24.6 Å². The Hall–Kier alpha value is -2.03. The van der Waals surface area contributed by atoms with Crippen LogP contribution in [0.15, 0.2) is 36.4 Å². The summed E-state index contributed by atoms with van der Waals surface area (Å²) in [6.07, 6.45) is 0.526. The van der Waals surface area contributed by atoms with Crippen LogP contribution in [-0.2, 0) is 0 Å². The normalized spacial score (nSPS) is 10.3. The highest BCUT2D eigenvalue weighted by Gasteiger charge is 2.14. The molecule has 0 aliphatic heterocycles. The van der Waals surface area contributed by atoms with Crippen LogP contribution in [0.25, 0.3) is 11.1 Å². The number of benzene rings is 2. The van der Waals surface area contributed by atoms with Crippen molar-refractivity contribution in [1.29, 1.82) is 0 Å². The first kappa shape index (κ1) is 11.5. The second kappa shape index (κ2) is 4.45. The van der Waals surface area contributed by atoms with Gasteiger partial charge in [0.1, 0.15) is 11.6 Å². The van der Waals surface area contributed by atoms with Crippen LogP contribution in [0.3, 0.4) is 0 Å². The third-order valence-corrected chi connectivity index (χ3v) is 2.57. The molecule has 86 valence electrons. The summed E-state index contributed by atoms with van der Waals surface area (Å²) in [7, 11) is 0. The van der Waals surface area contributed by atoms with Gasteiger partial charge in [0.15, 0.2) is 6.29 Å². The number of hydrogen-bond donors (Lipinski definition) is 0. The van der Waals surface area contributed by atoms with E-state index in [1.807, 2.05) is 0 Å². The highest BCUT2D eigenvalue weighted by atomic mass is 19.1. The first-order chi connectivity index (χ1) is 8.13. The molecule has 2 rings (SSSR count). The molecule has 0 atom stereocenters. The summed E-state index contributed by atoms with van der Waals surface area (Å²) < 4.78 is 27.4. The van der Waals surface area contributed by atoms with Gasteiger partial charge in [0.25, 0.3) is 0 Å². The lowest BCUT2D eigenvalue weighted by molar-refractivity contribution is 0.112. The average Bonchev–Trinajstić information content (AvgIpc) is 2.30. The first-order valence-electron chi connectivity index (χ1n) is 5.13. The Balaban J connectivity index is 2.71. The SMILES string of the molecule is Cc1ccc(-c2c(F)cccc2C=O)c(F)c1. The molecule has 0 aliphatic carbocycles. The van der Waals surface area contributed by atoms with Gasteiger partial charge in [-0.15, -0.1) is 0 Å². The Kier molecular flexibility index (Phi) is 3.00. The molecule has 2 aromatic rings. The summed E-state index contributed by atoms with van der Waals surface area (Å²) in [4.78, 5) is 10.8. The third-order valence-electron chi connectivity index (χ3n) is 2.57. The Morgan fingerprint density at radius 2 is 1.82 bits per heavy atom. The van der Waals surface area contributed by atoms with Gasteiger partial charge in [-0.1, -0.05) is 24.3 Å². The largest absolute Gasteiger partial charge is 0.298 e. The number of aryl methyl sites for hydroxylation is 1. The van der Waals surface area contributed by atoms with Crippen LogP contribution in [-0.4, -0.2) is 6.29 Å². The minimum absolute atomic E-state index is 0.0139.